The Morgan fingerprint density at radius 2 is 2.17 bits per heavy atom. The summed E-state index contributed by atoms with van der Waals surface area (Å²) >= 11 is 0. The van der Waals surface area contributed by atoms with E-state index < -0.39 is 5.60 Å². The lowest BCUT2D eigenvalue weighted by Gasteiger charge is -2.28. The summed E-state index contributed by atoms with van der Waals surface area (Å²) in [5.41, 5.74) is 0.0570. The second kappa shape index (κ2) is 8.16. The van der Waals surface area contributed by atoms with Crippen LogP contribution in [-0.4, -0.2) is 24.7 Å². The first kappa shape index (κ1) is 18.3. The zero-order chi connectivity index (χ0) is 17.6. The van der Waals surface area contributed by atoms with Crippen LogP contribution >= 0.6 is 0 Å². The molecule has 0 aliphatic heterocycles. The van der Waals surface area contributed by atoms with Gasteiger partial charge in [0.15, 0.2) is 0 Å². The highest BCUT2D eigenvalue weighted by Gasteiger charge is 2.48. The number of nitrogens with zero attached hydrogens (tertiary/aromatic N) is 1. The summed E-state index contributed by atoms with van der Waals surface area (Å²) < 4.78 is 11.3. The third kappa shape index (κ3) is 4.27. The first-order chi connectivity index (χ1) is 11.5. The van der Waals surface area contributed by atoms with Gasteiger partial charge in [-0.15, -0.1) is 0 Å². The number of nitrogens with one attached hydrogen (secondary N) is 1. The van der Waals surface area contributed by atoms with Gasteiger partial charge in [0, 0.05) is 6.61 Å². The predicted octanol–water partition coefficient (Wildman–Crippen LogP) is 3.88. The number of benzene rings is 1. The molecule has 1 aliphatic carbocycles. The molecule has 1 saturated carbocycles. The summed E-state index contributed by atoms with van der Waals surface area (Å²) in [5.74, 6) is 0.704. The first-order valence-corrected chi connectivity index (χ1v) is 8.67. The number of ether oxygens (including phenoxy) is 2. The molecule has 0 spiro atoms. The van der Waals surface area contributed by atoms with Crippen LogP contribution < -0.4 is 10.1 Å². The lowest BCUT2D eigenvalue weighted by Crippen LogP contribution is -2.45. The molecule has 5 heteroatoms. The Bertz CT molecular complexity index is 620. The molecule has 1 amide bonds. The fraction of sp³-hybridized carbons (Fsp3) is 0.579. The second-order valence-corrected chi connectivity index (χ2v) is 6.29. The monoisotopic (exact) mass is 330 g/mol. The lowest BCUT2D eigenvalue weighted by molar-refractivity contribution is -0.141. The minimum atomic E-state index is -0.836. The van der Waals surface area contributed by atoms with Crippen molar-refractivity contribution in [2.75, 3.05) is 18.5 Å². The van der Waals surface area contributed by atoms with Crippen LogP contribution in [0, 0.1) is 17.2 Å². The third-order valence-electron chi connectivity index (χ3n) is 4.38. The molecule has 1 unspecified atom stereocenters. The smallest absolute Gasteiger partial charge is 0.256 e. The molecule has 1 atom stereocenters. The Hall–Kier alpha value is -2.06. The van der Waals surface area contributed by atoms with Crippen molar-refractivity contribution in [3.05, 3.63) is 23.8 Å². The van der Waals surface area contributed by atoms with Crippen molar-refractivity contribution in [1.29, 1.82) is 5.26 Å². The molecular weight excluding hydrogens is 304 g/mol. The number of hydrogen-bond donors (Lipinski definition) is 1. The van der Waals surface area contributed by atoms with Crippen LogP contribution in [0.3, 0.4) is 0 Å². The number of unbranched alkanes of at least 4 members (excludes halogenated alkanes) is 1. The highest BCUT2D eigenvalue weighted by Crippen LogP contribution is 2.42. The highest BCUT2D eigenvalue weighted by atomic mass is 16.5. The fourth-order valence-electron chi connectivity index (χ4n) is 2.70. The van der Waals surface area contributed by atoms with Gasteiger partial charge in [0.05, 0.1) is 17.9 Å². The third-order valence-corrected chi connectivity index (χ3v) is 4.38. The molecule has 1 N–H and O–H groups in total. The van der Waals surface area contributed by atoms with Crippen molar-refractivity contribution in [3.63, 3.8) is 0 Å². The van der Waals surface area contributed by atoms with Crippen LogP contribution in [0.15, 0.2) is 18.2 Å². The summed E-state index contributed by atoms with van der Waals surface area (Å²) in [6.45, 7) is 6.92. The van der Waals surface area contributed by atoms with Crippen molar-refractivity contribution >= 4 is 11.6 Å². The molecule has 0 radical (unpaired) electrons. The summed E-state index contributed by atoms with van der Waals surface area (Å²) in [7, 11) is 0. The summed E-state index contributed by atoms with van der Waals surface area (Å²) in [6, 6.07) is 7.29. The molecule has 1 aromatic rings. The molecule has 0 bridgehead atoms. The number of anilines is 1. The fourth-order valence-corrected chi connectivity index (χ4v) is 2.70. The molecule has 1 fully saturated rings. The van der Waals surface area contributed by atoms with Gasteiger partial charge in [-0.1, -0.05) is 13.3 Å². The lowest BCUT2D eigenvalue weighted by atomic mass is 9.98. The summed E-state index contributed by atoms with van der Waals surface area (Å²) in [6.07, 6.45) is 4.02. The maximum Gasteiger partial charge on any atom is 0.256 e. The van der Waals surface area contributed by atoms with Crippen molar-refractivity contribution in [3.8, 4) is 11.8 Å². The Labute approximate surface area is 144 Å². The zero-order valence-electron chi connectivity index (χ0n) is 14.7. The number of carbonyl (C=O) groups is 1. The molecule has 0 saturated heterocycles. The van der Waals surface area contributed by atoms with E-state index in [2.05, 4.69) is 18.3 Å². The van der Waals surface area contributed by atoms with Gasteiger partial charge >= 0.3 is 0 Å². The van der Waals surface area contributed by atoms with Crippen molar-refractivity contribution < 1.29 is 14.3 Å². The van der Waals surface area contributed by atoms with Gasteiger partial charge in [0.1, 0.15) is 17.4 Å². The molecule has 1 aliphatic rings. The van der Waals surface area contributed by atoms with Gasteiger partial charge in [-0.2, -0.15) is 5.26 Å². The van der Waals surface area contributed by atoms with E-state index in [0.29, 0.717) is 30.2 Å². The number of rotatable bonds is 9. The van der Waals surface area contributed by atoms with E-state index in [1.54, 1.807) is 18.2 Å². The number of amides is 1. The van der Waals surface area contributed by atoms with E-state index in [-0.39, 0.29) is 11.8 Å². The van der Waals surface area contributed by atoms with Crippen molar-refractivity contribution in [2.45, 2.75) is 52.1 Å². The minimum Gasteiger partial charge on any atom is -0.494 e. The molecule has 0 heterocycles. The number of hydrogen-bond acceptors (Lipinski definition) is 4. The molecular formula is C19H26N2O3. The topological polar surface area (TPSA) is 71.3 Å². The van der Waals surface area contributed by atoms with Crippen molar-refractivity contribution in [1.82, 2.24) is 0 Å². The van der Waals surface area contributed by atoms with Gasteiger partial charge in [0.2, 0.25) is 0 Å². The molecule has 130 valence electrons. The second-order valence-electron chi connectivity index (χ2n) is 6.29. The van der Waals surface area contributed by atoms with Crippen LogP contribution in [0.2, 0.25) is 0 Å². The molecule has 2 rings (SSSR count). The van der Waals surface area contributed by atoms with Crippen LogP contribution in [0.5, 0.6) is 5.75 Å². The van der Waals surface area contributed by atoms with Crippen LogP contribution in [0.4, 0.5) is 5.69 Å². The SMILES string of the molecule is CCCCOc1ccc(NC(=O)C(C)(OCC)C2CC2)c(C#N)c1. The van der Waals surface area contributed by atoms with Gasteiger partial charge in [-0.3, -0.25) is 4.79 Å². The normalized spacial score (nSPS) is 16.1. The zero-order valence-corrected chi connectivity index (χ0v) is 14.7. The van der Waals surface area contributed by atoms with Crippen LogP contribution in [0.25, 0.3) is 0 Å². The average molecular weight is 330 g/mol. The Morgan fingerprint density at radius 1 is 1.42 bits per heavy atom. The van der Waals surface area contributed by atoms with Gasteiger partial charge in [-0.25, -0.2) is 0 Å². The largest absolute Gasteiger partial charge is 0.494 e. The van der Waals surface area contributed by atoms with E-state index in [1.807, 2.05) is 13.8 Å². The van der Waals surface area contributed by atoms with Crippen LogP contribution in [0.1, 0.15) is 52.0 Å². The predicted molar refractivity (Wildman–Crippen MR) is 92.9 cm³/mol. The molecule has 1 aromatic carbocycles. The Balaban J connectivity index is 2.11. The van der Waals surface area contributed by atoms with Gasteiger partial charge < -0.3 is 14.8 Å². The average Bonchev–Trinajstić information content (AvgIpc) is 3.41. The van der Waals surface area contributed by atoms with Gasteiger partial charge in [0.25, 0.3) is 5.91 Å². The van der Waals surface area contributed by atoms with Crippen molar-refractivity contribution in [2.24, 2.45) is 5.92 Å². The first-order valence-electron chi connectivity index (χ1n) is 8.67. The van der Waals surface area contributed by atoms with E-state index in [0.717, 1.165) is 25.7 Å². The molecule has 0 aromatic heterocycles. The minimum absolute atomic E-state index is 0.192. The summed E-state index contributed by atoms with van der Waals surface area (Å²) in [5, 5.41) is 12.2. The van der Waals surface area contributed by atoms with E-state index in [1.165, 1.54) is 0 Å². The Morgan fingerprint density at radius 3 is 2.75 bits per heavy atom. The quantitative estimate of drug-likeness (QED) is 0.697. The number of carbonyl (C=O) groups excluding carboxylic acids is 1. The molecule has 24 heavy (non-hydrogen) atoms. The molecule has 5 nitrogen and oxygen atoms in total. The maximum atomic E-state index is 12.7. The Kier molecular flexibility index (Phi) is 6.22. The number of nitriles is 1. The standard InChI is InChI=1S/C19H26N2O3/c1-4-6-11-23-16-9-10-17(14(12-16)13-20)21-18(22)19(3,24-5-2)15-7-8-15/h9-10,12,15H,4-8,11H2,1-3H3,(H,21,22). The van der Waals surface area contributed by atoms with E-state index >= 15 is 0 Å². The maximum absolute atomic E-state index is 12.7. The van der Waals surface area contributed by atoms with Gasteiger partial charge in [-0.05, 0) is 57.2 Å². The van der Waals surface area contributed by atoms with Crippen LogP contribution in [-0.2, 0) is 9.53 Å². The highest BCUT2D eigenvalue weighted by molar-refractivity contribution is 5.98. The summed E-state index contributed by atoms with van der Waals surface area (Å²) in [4.78, 5) is 12.7. The van der Waals surface area contributed by atoms with E-state index in [9.17, 15) is 10.1 Å². The van der Waals surface area contributed by atoms with E-state index in [4.69, 9.17) is 9.47 Å².